The molecular formula is C9H10BrF3N2. The highest BCUT2D eigenvalue weighted by atomic mass is 79.9. The van der Waals surface area contributed by atoms with Crippen molar-refractivity contribution in [3.8, 4) is 0 Å². The molecule has 0 aromatic carbocycles. The van der Waals surface area contributed by atoms with Crippen molar-refractivity contribution in [3.05, 3.63) is 23.5 Å². The third kappa shape index (κ3) is 3.77. The van der Waals surface area contributed by atoms with E-state index in [0.29, 0.717) is 12.1 Å². The number of alkyl halides is 4. The molecule has 0 saturated heterocycles. The molecule has 1 aromatic rings. The zero-order valence-electron chi connectivity index (χ0n) is 8.05. The van der Waals surface area contributed by atoms with Crippen LogP contribution in [0.2, 0.25) is 0 Å². The van der Waals surface area contributed by atoms with Crippen LogP contribution in [-0.2, 0) is 12.6 Å². The Morgan fingerprint density at radius 3 is 2.40 bits per heavy atom. The quantitative estimate of drug-likeness (QED) is 0.796. The largest absolute Gasteiger partial charge is 0.435 e. The van der Waals surface area contributed by atoms with E-state index in [4.69, 9.17) is 0 Å². The maximum atomic E-state index is 12.1. The fourth-order valence-electron chi connectivity index (χ4n) is 0.991. The van der Waals surface area contributed by atoms with Gasteiger partial charge in [0.2, 0.25) is 0 Å². The molecule has 0 aliphatic carbocycles. The van der Waals surface area contributed by atoms with E-state index in [0.717, 1.165) is 12.5 Å². The standard InChI is InChI=1S/C9H10BrF3N2/c1-2-6(10)5-7-3-4-8(15-14-7)9(11,12)13/h3-4,6H,2,5H2,1H3. The fourth-order valence-corrected chi connectivity index (χ4v) is 1.32. The average molecular weight is 283 g/mol. The minimum atomic E-state index is -4.41. The van der Waals surface area contributed by atoms with Crippen LogP contribution < -0.4 is 0 Å². The van der Waals surface area contributed by atoms with Gasteiger partial charge in [0.15, 0.2) is 5.69 Å². The van der Waals surface area contributed by atoms with E-state index in [-0.39, 0.29) is 4.83 Å². The van der Waals surface area contributed by atoms with Crippen LogP contribution in [-0.4, -0.2) is 15.0 Å². The van der Waals surface area contributed by atoms with Gasteiger partial charge >= 0.3 is 6.18 Å². The van der Waals surface area contributed by atoms with Gasteiger partial charge in [-0.25, -0.2) is 0 Å². The highest BCUT2D eigenvalue weighted by Crippen LogP contribution is 2.26. The Labute approximate surface area is 94.0 Å². The molecule has 1 aromatic heterocycles. The van der Waals surface area contributed by atoms with Crippen molar-refractivity contribution in [2.24, 2.45) is 0 Å². The summed E-state index contributed by atoms with van der Waals surface area (Å²) in [7, 11) is 0. The van der Waals surface area contributed by atoms with Gasteiger partial charge in [-0.1, -0.05) is 22.9 Å². The van der Waals surface area contributed by atoms with Crippen molar-refractivity contribution >= 4 is 15.9 Å². The van der Waals surface area contributed by atoms with Crippen molar-refractivity contribution < 1.29 is 13.2 Å². The van der Waals surface area contributed by atoms with Crippen LogP contribution in [0.3, 0.4) is 0 Å². The molecule has 0 bridgehead atoms. The smallest absolute Gasteiger partial charge is 0.164 e. The minimum Gasteiger partial charge on any atom is -0.164 e. The van der Waals surface area contributed by atoms with E-state index in [1.54, 1.807) is 0 Å². The van der Waals surface area contributed by atoms with Crippen LogP contribution in [0.25, 0.3) is 0 Å². The lowest BCUT2D eigenvalue weighted by molar-refractivity contribution is -0.141. The summed E-state index contributed by atoms with van der Waals surface area (Å²) in [6.45, 7) is 1.98. The predicted octanol–water partition coefficient (Wildman–Crippen LogP) is 3.21. The topological polar surface area (TPSA) is 25.8 Å². The lowest BCUT2D eigenvalue weighted by Gasteiger charge is -2.07. The van der Waals surface area contributed by atoms with E-state index >= 15 is 0 Å². The summed E-state index contributed by atoms with van der Waals surface area (Å²) in [5.41, 5.74) is -0.388. The summed E-state index contributed by atoms with van der Waals surface area (Å²) >= 11 is 3.38. The Morgan fingerprint density at radius 2 is 2.00 bits per heavy atom. The Bertz CT molecular complexity index is 310. The molecule has 0 spiro atoms. The first-order valence-corrected chi connectivity index (χ1v) is 5.39. The van der Waals surface area contributed by atoms with Gasteiger partial charge in [0.1, 0.15) is 0 Å². The van der Waals surface area contributed by atoms with E-state index in [9.17, 15) is 13.2 Å². The number of aromatic nitrogens is 2. The van der Waals surface area contributed by atoms with E-state index in [2.05, 4.69) is 26.1 Å². The molecule has 0 fully saturated rings. The molecule has 84 valence electrons. The van der Waals surface area contributed by atoms with Gasteiger partial charge < -0.3 is 0 Å². The third-order valence-electron chi connectivity index (χ3n) is 1.88. The first-order valence-electron chi connectivity index (χ1n) is 4.47. The first-order chi connectivity index (χ1) is 6.93. The van der Waals surface area contributed by atoms with Crippen LogP contribution in [0.4, 0.5) is 13.2 Å². The summed E-state index contributed by atoms with van der Waals surface area (Å²) in [6, 6.07) is 2.32. The molecule has 0 amide bonds. The van der Waals surface area contributed by atoms with Crippen molar-refractivity contribution in [2.45, 2.75) is 30.8 Å². The number of hydrogen-bond acceptors (Lipinski definition) is 2. The van der Waals surface area contributed by atoms with Crippen LogP contribution in [0, 0.1) is 0 Å². The van der Waals surface area contributed by atoms with E-state index in [1.807, 2.05) is 6.92 Å². The van der Waals surface area contributed by atoms with Crippen LogP contribution >= 0.6 is 15.9 Å². The van der Waals surface area contributed by atoms with Gasteiger partial charge in [0.05, 0.1) is 5.69 Å². The van der Waals surface area contributed by atoms with Crippen molar-refractivity contribution in [2.75, 3.05) is 0 Å². The van der Waals surface area contributed by atoms with Gasteiger partial charge in [-0.2, -0.15) is 18.3 Å². The first kappa shape index (κ1) is 12.4. The highest BCUT2D eigenvalue weighted by Gasteiger charge is 2.32. The second kappa shape index (κ2) is 4.92. The molecule has 1 unspecified atom stereocenters. The van der Waals surface area contributed by atoms with Crippen LogP contribution in [0.15, 0.2) is 12.1 Å². The molecule has 1 atom stereocenters. The highest BCUT2D eigenvalue weighted by molar-refractivity contribution is 9.09. The molecule has 6 heteroatoms. The monoisotopic (exact) mass is 282 g/mol. The summed E-state index contributed by atoms with van der Waals surface area (Å²) in [5.74, 6) is 0. The normalized spacial score (nSPS) is 13.9. The minimum absolute atomic E-state index is 0.225. The molecule has 1 rings (SSSR count). The average Bonchev–Trinajstić information content (AvgIpc) is 2.17. The summed E-state index contributed by atoms with van der Waals surface area (Å²) in [5, 5.41) is 6.67. The maximum Gasteiger partial charge on any atom is 0.435 e. The van der Waals surface area contributed by atoms with Gasteiger partial charge in [-0.3, -0.25) is 0 Å². The zero-order valence-corrected chi connectivity index (χ0v) is 9.64. The van der Waals surface area contributed by atoms with Crippen LogP contribution in [0.1, 0.15) is 24.7 Å². The Morgan fingerprint density at radius 1 is 1.33 bits per heavy atom. The van der Waals surface area contributed by atoms with Crippen molar-refractivity contribution in [1.29, 1.82) is 0 Å². The number of nitrogens with zero attached hydrogens (tertiary/aromatic N) is 2. The Kier molecular flexibility index (Phi) is 4.07. The lowest BCUT2D eigenvalue weighted by atomic mass is 10.2. The molecule has 1 heterocycles. The summed E-state index contributed by atoms with van der Waals surface area (Å²) in [4.78, 5) is 0.225. The Balaban J connectivity index is 2.73. The summed E-state index contributed by atoms with van der Waals surface area (Å²) < 4.78 is 36.4. The second-order valence-electron chi connectivity index (χ2n) is 3.12. The van der Waals surface area contributed by atoms with Gasteiger partial charge in [0.25, 0.3) is 0 Å². The Hall–Kier alpha value is -0.650. The molecule has 0 saturated carbocycles. The fraction of sp³-hybridized carbons (Fsp3) is 0.556. The molecule has 0 radical (unpaired) electrons. The van der Waals surface area contributed by atoms with E-state index in [1.165, 1.54) is 6.07 Å². The summed E-state index contributed by atoms with van der Waals surface area (Å²) in [6.07, 6.45) is -2.94. The second-order valence-corrected chi connectivity index (χ2v) is 4.41. The maximum absolute atomic E-state index is 12.1. The van der Waals surface area contributed by atoms with E-state index < -0.39 is 11.9 Å². The van der Waals surface area contributed by atoms with Crippen molar-refractivity contribution in [1.82, 2.24) is 10.2 Å². The van der Waals surface area contributed by atoms with Crippen molar-refractivity contribution in [3.63, 3.8) is 0 Å². The lowest BCUT2D eigenvalue weighted by Crippen LogP contribution is -2.11. The predicted molar refractivity (Wildman–Crippen MR) is 53.7 cm³/mol. The SMILES string of the molecule is CCC(Br)Cc1ccc(C(F)(F)F)nn1. The molecule has 15 heavy (non-hydrogen) atoms. The molecule has 0 N–H and O–H groups in total. The molecule has 0 aliphatic rings. The number of halogens is 4. The van der Waals surface area contributed by atoms with Crippen LogP contribution in [0.5, 0.6) is 0 Å². The number of hydrogen-bond donors (Lipinski definition) is 0. The van der Waals surface area contributed by atoms with Gasteiger partial charge in [-0.05, 0) is 18.6 Å². The molecular weight excluding hydrogens is 273 g/mol. The van der Waals surface area contributed by atoms with Gasteiger partial charge in [0, 0.05) is 11.2 Å². The third-order valence-corrected chi connectivity index (χ3v) is 2.86. The zero-order chi connectivity index (χ0) is 11.5. The molecule has 0 aliphatic heterocycles. The van der Waals surface area contributed by atoms with Gasteiger partial charge in [-0.15, -0.1) is 5.10 Å². The number of rotatable bonds is 3. The molecule has 2 nitrogen and oxygen atoms in total.